The molecule has 2 aromatic carbocycles. The third-order valence-corrected chi connectivity index (χ3v) is 3.25. The number of esters is 1. The van der Waals surface area contributed by atoms with E-state index in [1.165, 1.54) is 5.56 Å². The predicted octanol–water partition coefficient (Wildman–Crippen LogP) is 3.81. The molecule has 0 aliphatic rings. The Bertz CT molecular complexity index is 666. The molecule has 0 saturated carbocycles. The minimum Gasteiger partial charge on any atom is -0.462 e. The average Bonchev–Trinajstić information content (AvgIpc) is 2.44. The Morgan fingerprint density at radius 3 is 2.62 bits per heavy atom. The fourth-order valence-corrected chi connectivity index (χ4v) is 2.16. The Hall–Kier alpha value is -2.49. The fourth-order valence-electron chi connectivity index (χ4n) is 2.16. The van der Waals surface area contributed by atoms with Crippen molar-refractivity contribution in [3.05, 3.63) is 53.1 Å². The van der Waals surface area contributed by atoms with Gasteiger partial charge in [0.15, 0.2) is 0 Å². The van der Waals surface area contributed by atoms with E-state index in [4.69, 9.17) is 10.5 Å². The molecular weight excluding hydrogens is 264 g/mol. The van der Waals surface area contributed by atoms with Crippen molar-refractivity contribution in [2.45, 2.75) is 20.8 Å². The molecule has 2 aromatic rings. The van der Waals surface area contributed by atoms with E-state index in [0.29, 0.717) is 23.5 Å². The Kier molecular flexibility index (Phi) is 4.48. The first-order valence-corrected chi connectivity index (χ1v) is 6.92. The third-order valence-electron chi connectivity index (χ3n) is 3.25. The van der Waals surface area contributed by atoms with Gasteiger partial charge < -0.3 is 15.8 Å². The smallest absolute Gasteiger partial charge is 0.340 e. The van der Waals surface area contributed by atoms with Crippen molar-refractivity contribution in [3.63, 3.8) is 0 Å². The number of nitrogen functional groups attached to an aromatic ring is 1. The van der Waals surface area contributed by atoms with Crippen molar-refractivity contribution >= 4 is 23.0 Å². The molecule has 110 valence electrons. The topological polar surface area (TPSA) is 64.3 Å². The highest BCUT2D eigenvalue weighted by molar-refractivity contribution is 5.98. The molecular formula is C17H20N2O2. The molecule has 0 saturated heterocycles. The standard InChI is InChI=1S/C17H20N2O2/c1-4-21-17(20)13-6-5-7-15(16(13)18)19-14-9-8-11(2)10-12(14)3/h5-10,19H,4,18H2,1-3H3. The van der Waals surface area contributed by atoms with Crippen LogP contribution in [0.2, 0.25) is 0 Å². The molecule has 21 heavy (non-hydrogen) atoms. The van der Waals surface area contributed by atoms with Crippen LogP contribution in [0.4, 0.5) is 17.1 Å². The number of carbonyl (C=O) groups excluding carboxylic acids is 1. The minimum atomic E-state index is -0.403. The van der Waals surface area contributed by atoms with Crippen LogP contribution in [-0.4, -0.2) is 12.6 Å². The lowest BCUT2D eigenvalue weighted by Gasteiger charge is -2.14. The number of nitrogens with two attached hydrogens (primary N) is 1. The highest BCUT2D eigenvalue weighted by Gasteiger charge is 2.13. The largest absolute Gasteiger partial charge is 0.462 e. The maximum absolute atomic E-state index is 11.9. The molecule has 0 bridgehead atoms. The number of para-hydroxylation sites is 1. The van der Waals surface area contributed by atoms with Gasteiger partial charge in [-0.25, -0.2) is 4.79 Å². The number of nitrogens with one attached hydrogen (secondary N) is 1. The number of rotatable bonds is 4. The van der Waals surface area contributed by atoms with Gasteiger partial charge >= 0.3 is 5.97 Å². The van der Waals surface area contributed by atoms with E-state index in [1.807, 2.05) is 32.0 Å². The normalized spacial score (nSPS) is 10.2. The van der Waals surface area contributed by atoms with Crippen LogP contribution in [0.5, 0.6) is 0 Å². The summed E-state index contributed by atoms with van der Waals surface area (Å²) in [5, 5.41) is 3.27. The quantitative estimate of drug-likeness (QED) is 0.662. The number of carbonyl (C=O) groups is 1. The first-order chi connectivity index (χ1) is 10.0. The molecule has 4 nitrogen and oxygen atoms in total. The van der Waals surface area contributed by atoms with Gasteiger partial charge in [0, 0.05) is 5.69 Å². The number of aryl methyl sites for hydroxylation is 2. The number of anilines is 3. The van der Waals surface area contributed by atoms with Crippen molar-refractivity contribution in [2.75, 3.05) is 17.7 Å². The Balaban J connectivity index is 2.32. The molecule has 0 radical (unpaired) electrons. The zero-order chi connectivity index (χ0) is 15.4. The lowest BCUT2D eigenvalue weighted by molar-refractivity contribution is 0.0527. The van der Waals surface area contributed by atoms with E-state index >= 15 is 0 Å². The first kappa shape index (κ1) is 14.9. The van der Waals surface area contributed by atoms with Gasteiger partial charge in [-0.15, -0.1) is 0 Å². The van der Waals surface area contributed by atoms with Gasteiger partial charge in [0.05, 0.1) is 23.5 Å². The monoisotopic (exact) mass is 284 g/mol. The van der Waals surface area contributed by atoms with Gasteiger partial charge in [-0.1, -0.05) is 23.8 Å². The predicted molar refractivity (Wildman–Crippen MR) is 86.0 cm³/mol. The van der Waals surface area contributed by atoms with Gasteiger partial charge in [0.25, 0.3) is 0 Å². The van der Waals surface area contributed by atoms with Gasteiger partial charge in [0.2, 0.25) is 0 Å². The Morgan fingerprint density at radius 1 is 1.19 bits per heavy atom. The van der Waals surface area contributed by atoms with Crippen LogP contribution in [0.3, 0.4) is 0 Å². The zero-order valence-electron chi connectivity index (χ0n) is 12.6. The average molecular weight is 284 g/mol. The van der Waals surface area contributed by atoms with E-state index in [1.54, 1.807) is 19.1 Å². The van der Waals surface area contributed by atoms with Crippen molar-refractivity contribution in [3.8, 4) is 0 Å². The van der Waals surface area contributed by atoms with E-state index in [2.05, 4.69) is 11.4 Å². The highest BCUT2D eigenvalue weighted by Crippen LogP contribution is 2.28. The summed E-state index contributed by atoms with van der Waals surface area (Å²) < 4.78 is 5.01. The summed E-state index contributed by atoms with van der Waals surface area (Å²) in [4.78, 5) is 11.9. The molecule has 0 fully saturated rings. The molecule has 0 aliphatic carbocycles. The SMILES string of the molecule is CCOC(=O)c1cccc(Nc2ccc(C)cc2C)c1N. The fraction of sp³-hybridized carbons (Fsp3) is 0.235. The molecule has 0 unspecified atom stereocenters. The minimum absolute atomic E-state index is 0.326. The van der Waals surface area contributed by atoms with Crippen molar-refractivity contribution in [1.29, 1.82) is 0 Å². The van der Waals surface area contributed by atoms with Crippen LogP contribution in [0.1, 0.15) is 28.4 Å². The van der Waals surface area contributed by atoms with E-state index in [9.17, 15) is 4.79 Å². The first-order valence-electron chi connectivity index (χ1n) is 6.92. The second-order valence-corrected chi connectivity index (χ2v) is 4.93. The highest BCUT2D eigenvalue weighted by atomic mass is 16.5. The van der Waals surface area contributed by atoms with Crippen LogP contribution in [-0.2, 0) is 4.74 Å². The molecule has 0 spiro atoms. The number of ether oxygens (including phenoxy) is 1. The summed E-state index contributed by atoms with van der Waals surface area (Å²) in [5.41, 5.74) is 10.8. The molecule has 0 heterocycles. The summed E-state index contributed by atoms with van der Waals surface area (Å²) in [7, 11) is 0. The molecule has 0 aromatic heterocycles. The molecule has 0 aliphatic heterocycles. The van der Waals surface area contributed by atoms with Crippen LogP contribution in [0.15, 0.2) is 36.4 Å². The third kappa shape index (κ3) is 3.34. The maximum Gasteiger partial charge on any atom is 0.340 e. The lowest BCUT2D eigenvalue weighted by atomic mass is 10.1. The summed E-state index contributed by atoms with van der Waals surface area (Å²) in [5.74, 6) is -0.403. The Morgan fingerprint density at radius 2 is 1.95 bits per heavy atom. The second kappa shape index (κ2) is 6.31. The van der Waals surface area contributed by atoms with Gasteiger partial charge in [-0.3, -0.25) is 0 Å². The van der Waals surface area contributed by atoms with E-state index in [0.717, 1.165) is 11.3 Å². The molecule has 0 atom stereocenters. The summed E-state index contributed by atoms with van der Waals surface area (Å²) >= 11 is 0. The maximum atomic E-state index is 11.9. The molecule has 3 N–H and O–H groups in total. The number of hydrogen-bond donors (Lipinski definition) is 2. The Labute approximate surface area is 124 Å². The molecule has 2 rings (SSSR count). The summed E-state index contributed by atoms with van der Waals surface area (Å²) in [6, 6.07) is 11.4. The molecule has 0 amide bonds. The number of benzene rings is 2. The second-order valence-electron chi connectivity index (χ2n) is 4.93. The van der Waals surface area contributed by atoms with E-state index in [-0.39, 0.29) is 0 Å². The van der Waals surface area contributed by atoms with Gasteiger partial charge in [-0.05, 0) is 44.5 Å². The summed E-state index contributed by atoms with van der Waals surface area (Å²) in [6.45, 7) is 6.17. The lowest BCUT2D eigenvalue weighted by Crippen LogP contribution is -2.09. The van der Waals surface area contributed by atoms with Crippen molar-refractivity contribution in [1.82, 2.24) is 0 Å². The van der Waals surface area contributed by atoms with Crippen LogP contribution < -0.4 is 11.1 Å². The van der Waals surface area contributed by atoms with Crippen LogP contribution >= 0.6 is 0 Å². The van der Waals surface area contributed by atoms with Gasteiger partial charge in [-0.2, -0.15) is 0 Å². The van der Waals surface area contributed by atoms with Crippen LogP contribution in [0.25, 0.3) is 0 Å². The van der Waals surface area contributed by atoms with Gasteiger partial charge in [0.1, 0.15) is 0 Å². The van der Waals surface area contributed by atoms with Crippen molar-refractivity contribution < 1.29 is 9.53 Å². The zero-order valence-corrected chi connectivity index (χ0v) is 12.6. The van der Waals surface area contributed by atoms with Crippen LogP contribution in [0, 0.1) is 13.8 Å². The van der Waals surface area contributed by atoms with E-state index < -0.39 is 5.97 Å². The summed E-state index contributed by atoms with van der Waals surface area (Å²) in [6.07, 6.45) is 0. The van der Waals surface area contributed by atoms with Crippen molar-refractivity contribution in [2.24, 2.45) is 0 Å². The number of hydrogen-bond acceptors (Lipinski definition) is 4. The molecule has 4 heteroatoms.